The standard InChI is InChI=1S/C9H17N3OS/c1-3-4-7(2)6-13-9-12-11-8(5-10)14-9/h7H,3-6,10H2,1-2H3. The van der Waals surface area contributed by atoms with E-state index in [9.17, 15) is 0 Å². The second kappa shape index (κ2) is 5.93. The predicted octanol–water partition coefficient (Wildman–Crippen LogP) is 1.81. The van der Waals surface area contributed by atoms with E-state index in [0.29, 0.717) is 24.3 Å². The molecule has 0 bridgehead atoms. The molecule has 0 aliphatic rings. The summed E-state index contributed by atoms with van der Waals surface area (Å²) in [4.78, 5) is 0. The van der Waals surface area contributed by atoms with Crippen molar-refractivity contribution in [3.8, 4) is 5.19 Å². The number of rotatable bonds is 6. The van der Waals surface area contributed by atoms with E-state index >= 15 is 0 Å². The molecule has 1 unspecified atom stereocenters. The van der Waals surface area contributed by atoms with Crippen LogP contribution < -0.4 is 10.5 Å². The van der Waals surface area contributed by atoms with Gasteiger partial charge in [0.25, 0.3) is 5.19 Å². The van der Waals surface area contributed by atoms with Crippen molar-refractivity contribution in [2.24, 2.45) is 11.7 Å². The third-order valence-electron chi connectivity index (χ3n) is 1.90. The van der Waals surface area contributed by atoms with Crippen molar-refractivity contribution in [3.63, 3.8) is 0 Å². The molecule has 0 aromatic carbocycles. The lowest BCUT2D eigenvalue weighted by Gasteiger charge is -2.08. The average molecular weight is 215 g/mol. The predicted molar refractivity (Wildman–Crippen MR) is 57.4 cm³/mol. The van der Waals surface area contributed by atoms with Gasteiger partial charge in [0.15, 0.2) is 0 Å². The van der Waals surface area contributed by atoms with E-state index in [1.165, 1.54) is 24.2 Å². The lowest BCUT2D eigenvalue weighted by Crippen LogP contribution is -2.07. The van der Waals surface area contributed by atoms with Gasteiger partial charge in [-0.1, -0.05) is 31.6 Å². The van der Waals surface area contributed by atoms with Gasteiger partial charge in [-0.3, -0.25) is 0 Å². The third kappa shape index (κ3) is 3.59. The summed E-state index contributed by atoms with van der Waals surface area (Å²) in [6, 6.07) is 0. The summed E-state index contributed by atoms with van der Waals surface area (Å²) in [6.07, 6.45) is 2.37. The highest BCUT2D eigenvalue weighted by atomic mass is 32.1. The number of hydrogen-bond donors (Lipinski definition) is 1. The topological polar surface area (TPSA) is 61.0 Å². The van der Waals surface area contributed by atoms with Gasteiger partial charge in [0.1, 0.15) is 5.01 Å². The highest BCUT2D eigenvalue weighted by Crippen LogP contribution is 2.18. The van der Waals surface area contributed by atoms with Crippen LogP contribution in [0.4, 0.5) is 0 Å². The maximum Gasteiger partial charge on any atom is 0.294 e. The first-order chi connectivity index (χ1) is 6.76. The van der Waals surface area contributed by atoms with Crippen molar-refractivity contribution < 1.29 is 4.74 Å². The fraction of sp³-hybridized carbons (Fsp3) is 0.778. The van der Waals surface area contributed by atoms with Crippen LogP contribution in [0.15, 0.2) is 0 Å². The quantitative estimate of drug-likeness (QED) is 0.786. The maximum atomic E-state index is 5.49. The molecule has 5 heteroatoms. The summed E-state index contributed by atoms with van der Waals surface area (Å²) < 4.78 is 5.49. The maximum absolute atomic E-state index is 5.49. The smallest absolute Gasteiger partial charge is 0.294 e. The van der Waals surface area contributed by atoms with E-state index < -0.39 is 0 Å². The van der Waals surface area contributed by atoms with Crippen LogP contribution in [-0.2, 0) is 6.54 Å². The Bertz CT molecular complexity index is 264. The van der Waals surface area contributed by atoms with Crippen LogP contribution in [-0.4, -0.2) is 16.8 Å². The number of nitrogens with zero attached hydrogens (tertiary/aromatic N) is 2. The van der Waals surface area contributed by atoms with Gasteiger partial charge < -0.3 is 10.5 Å². The van der Waals surface area contributed by atoms with Crippen LogP contribution in [0.25, 0.3) is 0 Å². The Morgan fingerprint density at radius 1 is 1.50 bits per heavy atom. The molecule has 0 aliphatic heterocycles. The molecule has 14 heavy (non-hydrogen) atoms. The van der Waals surface area contributed by atoms with E-state index in [0.717, 1.165) is 5.01 Å². The van der Waals surface area contributed by atoms with Crippen LogP contribution in [0.1, 0.15) is 31.7 Å². The minimum absolute atomic E-state index is 0.436. The third-order valence-corrected chi connectivity index (χ3v) is 2.75. The minimum atomic E-state index is 0.436. The van der Waals surface area contributed by atoms with Crippen molar-refractivity contribution >= 4 is 11.3 Å². The van der Waals surface area contributed by atoms with Gasteiger partial charge in [-0.25, -0.2) is 0 Å². The second-order valence-corrected chi connectivity index (χ2v) is 4.40. The number of ether oxygens (including phenoxy) is 1. The molecule has 0 amide bonds. The molecule has 1 heterocycles. The Labute approximate surface area is 88.5 Å². The lowest BCUT2D eigenvalue weighted by atomic mass is 10.1. The molecule has 0 aliphatic carbocycles. The van der Waals surface area contributed by atoms with Crippen LogP contribution in [0.3, 0.4) is 0 Å². The number of aromatic nitrogens is 2. The normalized spacial score (nSPS) is 12.8. The van der Waals surface area contributed by atoms with Gasteiger partial charge in [0.2, 0.25) is 0 Å². The van der Waals surface area contributed by atoms with Crippen molar-refractivity contribution in [2.45, 2.75) is 33.2 Å². The van der Waals surface area contributed by atoms with Gasteiger partial charge in [-0.05, 0) is 12.3 Å². The van der Waals surface area contributed by atoms with Crippen molar-refractivity contribution in [1.82, 2.24) is 10.2 Å². The van der Waals surface area contributed by atoms with Crippen LogP contribution in [0, 0.1) is 5.92 Å². The molecule has 80 valence electrons. The molecule has 2 N–H and O–H groups in total. The molecule has 4 nitrogen and oxygen atoms in total. The van der Waals surface area contributed by atoms with E-state index in [1.54, 1.807) is 0 Å². The summed E-state index contributed by atoms with van der Waals surface area (Å²) in [5.41, 5.74) is 5.42. The lowest BCUT2D eigenvalue weighted by molar-refractivity contribution is 0.249. The molecular weight excluding hydrogens is 198 g/mol. The Kier molecular flexibility index (Phi) is 4.82. The summed E-state index contributed by atoms with van der Waals surface area (Å²) in [5.74, 6) is 0.574. The second-order valence-electron chi connectivity index (χ2n) is 3.37. The molecule has 0 spiro atoms. The van der Waals surface area contributed by atoms with Crippen LogP contribution >= 0.6 is 11.3 Å². The van der Waals surface area contributed by atoms with Crippen molar-refractivity contribution in [2.75, 3.05) is 6.61 Å². The fourth-order valence-corrected chi connectivity index (χ4v) is 1.74. The van der Waals surface area contributed by atoms with E-state index in [2.05, 4.69) is 24.0 Å². The first-order valence-electron chi connectivity index (χ1n) is 4.91. The molecule has 0 fully saturated rings. The highest BCUT2D eigenvalue weighted by Gasteiger charge is 2.06. The van der Waals surface area contributed by atoms with E-state index in [4.69, 9.17) is 10.5 Å². The van der Waals surface area contributed by atoms with Gasteiger partial charge in [0.05, 0.1) is 6.61 Å². The zero-order valence-corrected chi connectivity index (χ0v) is 9.51. The molecule has 0 saturated carbocycles. The molecule has 0 saturated heterocycles. The Hall–Kier alpha value is -0.680. The first kappa shape index (κ1) is 11.4. The fourth-order valence-electron chi connectivity index (χ4n) is 1.17. The average Bonchev–Trinajstić information content (AvgIpc) is 2.63. The van der Waals surface area contributed by atoms with Gasteiger partial charge in [0, 0.05) is 6.54 Å². The summed E-state index contributed by atoms with van der Waals surface area (Å²) >= 11 is 1.42. The molecule has 0 radical (unpaired) electrons. The van der Waals surface area contributed by atoms with Gasteiger partial charge in [-0.15, -0.1) is 10.2 Å². The van der Waals surface area contributed by atoms with E-state index in [1.807, 2.05) is 0 Å². The number of nitrogens with two attached hydrogens (primary N) is 1. The molecule has 1 rings (SSSR count). The van der Waals surface area contributed by atoms with Gasteiger partial charge in [-0.2, -0.15) is 0 Å². The largest absolute Gasteiger partial charge is 0.469 e. The van der Waals surface area contributed by atoms with Crippen molar-refractivity contribution in [1.29, 1.82) is 0 Å². The minimum Gasteiger partial charge on any atom is -0.469 e. The molecule has 1 aromatic rings. The Morgan fingerprint density at radius 3 is 2.86 bits per heavy atom. The SMILES string of the molecule is CCCC(C)COc1nnc(CN)s1. The van der Waals surface area contributed by atoms with E-state index in [-0.39, 0.29) is 0 Å². The Balaban J connectivity index is 2.30. The number of hydrogen-bond acceptors (Lipinski definition) is 5. The zero-order valence-electron chi connectivity index (χ0n) is 8.69. The molecular formula is C9H17N3OS. The van der Waals surface area contributed by atoms with Gasteiger partial charge >= 0.3 is 0 Å². The van der Waals surface area contributed by atoms with Crippen molar-refractivity contribution in [3.05, 3.63) is 5.01 Å². The highest BCUT2D eigenvalue weighted by molar-refractivity contribution is 7.13. The van der Waals surface area contributed by atoms with Crippen LogP contribution in [0.2, 0.25) is 0 Å². The summed E-state index contributed by atoms with van der Waals surface area (Å²) in [6.45, 7) is 5.50. The summed E-state index contributed by atoms with van der Waals surface area (Å²) in [5, 5.41) is 9.22. The molecule has 1 aromatic heterocycles. The first-order valence-corrected chi connectivity index (χ1v) is 5.73. The monoisotopic (exact) mass is 215 g/mol. The summed E-state index contributed by atoms with van der Waals surface area (Å²) in [7, 11) is 0. The van der Waals surface area contributed by atoms with Crippen LogP contribution in [0.5, 0.6) is 5.19 Å². The Morgan fingerprint density at radius 2 is 2.29 bits per heavy atom. The zero-order chi connectivity index (χ0) is 10.4. The molecule has 1 atom stereocenters.